The highest BCUT2D eigenvalue weighted by Gasteiger charge is 2.47. The van der Waals surface area contributed by atoms with Crippen LogP contribution in [0, 0.1) is 4.77 Å². The number of hydrogen-bond acceptors (Lipinski definition) is 7. The van der Waals surface area contributed by atoms with Crippen molar-refractivity contribution < 1.29 is 24.9 Å². The molecule has 0 radical (unpaired) electrons. The van der Waals surface area contributed by atoms with Gasteiger partial charge in [0, 0.05) is 18.5 Å². The predicted molar refractivity (Wildman–Crippen MR) is 105 cm³/mol. The van der Waals surface area contributed by atoms with E-state index in [0.29, 0.717) is 10.6 Å². The number of carbonyl (C=O) groups excluding carboxylic acids is 1. The van der Waals surface area contributed by atoms with Gasteiger partial charge < -0.3 is 25.4 Å². The molecule has 2 fully saturated rings. The second-order valence-corrected chi connectivity index (χ2v) is 7.84. The van der Waals surface area contributed by atoms with Crippen molar-refractivity contribution >= 4 is 18.1 Å². The van der Waals surface area contributed by atoms with Crippen molar-refractivity contribution in [1.82, 2.24) is 19.7 Å². The van der Waals surface area contributed by atoms with E-state index in [2.05, 4.69) is 10.4 Å². The van der Waals surface area contributed by atoms with Crippen LogP contribution in [0.5, 0.6) is 0 Å². The summed E-state index contributed by atoms with van der Waals surface area (Å²) >= 11 is 5.68. The average Bonchev–Trinajstić information content (AvgIpc) is 3.49. The van der Waals surface area contributed by atoms with Crippen LogP contribution in [-0.4, -0.2) is 66.5 Å². The first-order valence-corrected chi connectivity index (χ1v) is 9.99. The Hall–Kier alpha value is -2.11. The lowest BCUT2D eigenvalue weighted by Gasteiger charge is -2.42. The van der Waals surface area contributed by atoms with E-state index in [0.717, 1.165) is 18.4 Å². The molecule has 1 saturated heterocycles. The molecule has 2 aliphatic rings. The highest BCUT2D eigenvalue weighted by Crippen LogP contribution is 2.39. The number of hydrogen-bond donors (Lipinski definition) is 4. The van der Waals surface area contributed by atoms with Gasteiger partial charge in [-0.05, 0) is 25.1 Å². The molecular formula is C19H24N4O5S. The molecule has 9 nitrogen and oxygen atoms in total. The third kappa shape index (κ3) is 3.74. The molecule has 1 amide bonds. The fourth-order valence-electron chi connectivity index (χ4n) is 3.70. The van der Waals surface area contributed by atoms with Crippen molar-refractivity contribution in [2.45, 2.75) is 56.4 Å². The van der Waals surface area contributed by atoms with Crippen LogP contribution in [0.1, 0.15) is 32.0 Å². The molecule has 5 atom stereocenters. The second-order valence-electron chi connectivity index (χ2n) is 7.47. The predicted octanol–water partition coefficient (Wildman–Crippen LogP) is 0.532. The van der Waals surface area contributed by atoms with E-state index in [1.807, 2.05) is 34.9 Å². The van der Waals surface area contributed by atoms with Gasteiger partial charge in [-0.3, -0.25) is 9.36 Å². The number of benzene rings is 1. The van der Waals surface area contributed by atoms with Crippen LogP contribution in [0.3, 0.4) is 0 Å². The maximum atomic E-state index is 11.7. The van der Waals surface area contributed by atoms with Crippen molar-refractivity contribution in [3.63, 3.8) is 0 Å². The lowest BCUT2D eigenvalue weighted by atomic mass is 9.96. The number of nitrogens with one attached hydrogen (secondary N) is 1. The van der Waals surface area contributed by atoms with Crippen molar-refractivity contribution in [2.75, 3.05) is 6.61 Å². The largest absolute Gasteiger partial charge is 0.394 e. The van der Waals surface area contributed by atoms with Crippen molar-refractivity contribution in [3.05, 3.63) is 35.1 Å². The van der Waals surface area contributed by atoms with Gasteiger partial charge in [-0.15, -0.1) is 5.10 Å². The topological polar surface area (TPSA) is 122 Å². The Balaban J connectivity index is 1.81. The van der Waals surface area contributed by atoms with Crippen molar-refractivity contribution in [1.29, 1.82) is 0 Å². The summed E-state index contributed by atoms with van der Waals surface area (Å²) in [6.07, 6.45) is -2.76. The fourth-order valence-corrected chi connectivity index (χ4v) is 4.08. The van der Waals surface area contributed by atoms with Crippen LogP contribution in [0.15, 0.2) is 30.3 Å². The summed E-state index contributed by atoms with van der Waals surface area (Å²) in [5.74, 6) is 0.276. The molecule has 0 bridgehead atoms. The van der Waals surface area contributed by atoms with Crippen LogP contribution in [0.2, 0.25) is 0 Å². The number of aliphatic hydroxyl groups is 3. The molecule has 0 unspecified atom stereocenters. The summed E-state index contributed by atoms with van der Waals surface area (Å²) in [6, 6.07) is 8.85. The van der Waals surface area contributed by atoms with Gasteiger partial charge in [0.05, 0.1) is 6.61 Å². The Morgan fingerprint density at radius 3 is 2.55 bits per heavy atom. The average molecular weight is 420 g/mol. The number of rotatable bonds is 5. The zero-order valence-electron chi connectivity index (χ0n) is 15.9. The van der Waals surface area contributed by atoms with Gasteiger partial charge in [-0.25, -0.2) is 4.68 Å². The first-order valence-electron chi connectivity index (χ1n) is 9.58. The molecule has 1 aromatic heterocycles. The lowest BCUT2D eigenvalue weighted by molar-refractivity contribution is -0.219. The number of nitrogens with zero attached hydrogens (tertiary/aromatic N) is 3. The van der Waals surface area contributed by atoms with Gasteiger partial charge in [0.25, 0.3) is 0 Å². The monoisotopic (exact) mass is 420 g/mol. The third-order valence-electron chi connectivity index (χ3n) is 5.29. The first-order chi connectivity index (χ1) is 13.9. The van der Waals surface area contributed by atoms with Crippen LogP contribution in [0.25, 0.3) is 11.4 Å². The Morgan fingerprint density at radius 2 is 1.97 bits per heavy atom. The van der Waals surface area contributed by atoms with Crippen LogP contribution in [0.4, 0.5) is 0 Å². The molecular weight excluding hydrogens is 396 g/mol. The molecule has 2 aromatic rings. The van der Waals surface area contributed by atoms with Gasteiger partial charge in [-0.1, -0.05) is 30.3 Å². The standard InChI is InChI=1S/C19H24N4O5S/c1-10(25)20-14-16(27)15(26)13(9-24)28-18(14)23-19(29)22(12-7-8-12)17(21-23)11-5-3-2-4-6-11/h2-6,12-16,18,24,26-27H,7-9H2,1H3,(H,20,25)/t13-,14+,15+,16-,18+/m0/s1. The van der Waals surface area contributed by atoms with Crippen LogP contribution in [-0.2, 0) is 9.53 Å². The molecule has 1 aliphatic heterocycles. The Kier molecular flexibility index (Phi) is 5.54. The van der Waals surface area contributed by atoms with E-state index >= 15 is 0 Å². The highest BCUT2D eigenvalue weighted by molar-refractivity contribution is 7.71. The lowest BCUT2D eigenvalue weighted by Crippen LogP contribution is -2.62. The molecule has 4 N–H and O–H groups in total. The number of aliphatic hydroxyl groups excluding tert-OH is 3. The van der Waals surface area contributed by atoms with Crippen LogP contribution >= 0.6 is 12.2 Å². The maximum Gasteiger partial charge on any atom is 0.217 e. The number of amides is 1. The molecule has 0 spiro atoms. The van der Waals surface area contributed by atoms with Gasteiger partial charge in [0.15, 0.2) is 12.1 Å². The van der Waals surface area contributed by atoms with Crippen molar-refractivity contribution in [2.24, 2.45) is 0 Å². The highest BCUT2D eigenvalue weighted by atomic mass is 32.1. The smallest absolute Gasteiger partial charge is 0.217 e. The quantitative estimate of drug-likeness (QED) is 0.521. The molecule has 1 aromatic carbocycles. The summed E-state index contributed by atoms with van der Waals surface area (Å²) < 4.78 is 9.66. The zero-order valence-corrected chi connectivity index (χ0v) is 16.7. The SMILES string of the molecule is CC(=O)N[C@@H]1[C@H](O)[C@H](O)[C@H](CO)O[C@H]1n1nc(-c2ccccc2)n(C2CC2)c1=S. The molecule has 29 heavy (non-hydrogen) atoms. The summed E-state index contributed by atoms with van der Waals surface area (Å²) in [5.41, 5.74) is 0.885. The Bertz CT molecular complexity index is 942. The fraction of sp³-hybridized carbons (Fsp3) is 0.526. The number of ether oxygens (including phenoxy) is 1. The third-order valence-corrected chi connectivity index (χ3v) is 5.67. The van der Waals surface area contributed by atoms with E-state index in [4.69, 9.17) is 17.0 Å². The van der Waals surface area contributed by atoms with E-state index in [9.17, 15) is 20.1 Å². The number of carbonyl (C=O) groups is 1. The summed E-state index contributed by atoms with van der Waals surface area (Å²) in [6.45, 7) is 0.815. The van der Waals surface area contributed by atoms with Gasteiger partial charge in [0.1, 0.15) is 24.4 Å². The summed E-state index contributed by atoms with van der Waals surface area (Å²) in [4.78, 5) is 11.7. The normalized spacial score (nSPS) is 29.6. The van der Waals surface area contributed by atoms with Gasteiger partial charge in [-0.2, -0.15) is 0 Å². The minimum absolute atomic E-state index is 0.235. The van der Waals surface area contributed by atoms with Gasteiger partial charge >= 0.3 is 0 Å². The first kappa shape index (κ1) is 20.2. The molecule has 4 rings (SSSR count). The van der Waals surface area contributed by atoms with Crippen molar-refractivity contribution in [3.8, 4) is 11.4 Å². The molecule has 156 valence electrons. The minimum atomic E-state index is -1.36. The summed E-state index contributed by atoms with van der Waals surface area (Å²) in [7, 11) is 0. The molecule has 1 saturated carbocycles. The van der Waals surface area contributed by atoms with E-state index < -0.39 is 43.1 Å². The molecule has 2 heterocycles. The second kappa shape index (κ2) is 7.96. The zero-order chi connectivity index (χ0) is 20.7. The molecule has 1 aliphatic carbocycles. The van der Waals surface area contributed by atoms with E-state index in [-0.39, 0.29) is 6.04 Å². The minimum Gasteiger partial charge on any atom is -0.394 e. The van der Waals surface area contributed by atoms with Gasteiger partial charge in [0.2, 0.25) is 10.7 Å². The molecule has 10 heteroatoms. The number of aromatic nitrogens is 3. The Labute approximate surface area is 172 Å². The van der Waals surface area contributed by atoms with E-state index in [1.54, 1.807) is 0 Å². The van der Waals surface area contributed by atoms with E-state index in [1.165, 1.54) is 11.6 Å². The summed E-state index contributed by atoms with van der Waals surface area (Å²) in [5, 5.41) is 37.7. The van der Waals surface area contributed by atoms with Crippen LogP contribution < -0.4 is 5.32 Å². The maximum absolute atomic E-state index is 11.7. The Morgan fingerprint density at radius 1 is 1.28 bits per heavy atom.